The predicted molar refractivity (Wildman–Crippen MR) is 73.7 cm³/mol. The van der Waals surface area contributed by atoms with E-state index in [1.165, 1.54) is 32.2 Å². The van der Waals surface area contributed by atoms with Gasteiger partial charge in [0.2, 0.25) is 0 Å². The molecule has 0 aromatic carbocycles. The summed E-state index contributed by atoms with van der Waals surface area (Å²) in [5, 5.41) is 0. The first-order chi connectivity index (χ1) is 7.46. The minimum Gasteiger partial charge on any atom is -0.324 e. The Bertz CT molecular complexity index is 166. The van der Waals surface area contributed by atoms with Crippen LogP contribution in [-0.4, -0.2) is 29.6 Å². The van der Waals surface area contributed by atoms with E-state index in [0.29, 0.717) is 6.04 Å². The third kappa shape index (κ3) is 6.49. The van der Waals surface area contributed by atoms with E-state index in [1.807, 2.05) is 0 Å². The highest BCUT2D eigenvalue weighted by atomic mass is 15.2. The smallest absolute Gasteiger partial charge is 0.0254 e. The second-order valence-electron chi connectivity index (χ2n) is 5.49. The lowest BCUT2D eigenvalue weighted by Crippen LogP contribution is -2.50. The number of hydrogen-bond acceptors (Lipinski definition) is 2. The van der Waals surface area contributed by atoms with E-state index in [9.17, 15) is 0 Å². The van der Waals surface area contributed by atoms with Crippen molar-refractivity contribution in [3.8, 4) is 0 Å². The van der Waals surface area contributed by atoms with Gasteiger partial charge in [-0.05, 0) is 39.7 Å². The molecule has 0 amide bonds. The van der Waals surface area contributed by atoms with Crippen LogP contribution in [0.15, 0.2) is 0 Å². The lowest BCUT2D eigenvalue weighted by atomic mass is 9.96. The summed E-state index contributed by atoms with van der Waals surface area (Å²) in [7, 11) is 0. The molecule has 0 saturated carbocycles. The lowest BCUT2D eigenvalue weighted by Gasteiger charge is -2.36. The first-order valence-corrected chi connectivity index (χ1v) is 6.99. The Morgan fingerprint density at radius 3 is 2.25 bits per heavy atom. The van der Waals surface area contributed by atoms with Gasteiger partial charge in [-0.15, -0.1) is 0 Å². The van der Waals surface area contributed by atoms with Gasteiger partial charge in [-0.1, -0.05) is 33.6 Å². The molecule has 2 N–H and O–H groups in total. The van der Waals surface area contributed by atoms with Crippen LogP contribution >= 0.6 is 0 Å². The third-order valence-corrected chi connectivity index (χ3v) is 3.40. The van der Waals surface area contributed by atoms with E-state index < -0.39 is 0 Å². The van der Waals surface area contributed by atoms with Crippen molar-refractivity contribution in [2.45, 2.75) is 78.3 Å². The quantitative estimate of drug-likeness (QED) is 0.655. The van der Waals surface area contributed by atoms with Crippen LogP contribution in [-0.2, 0) is 0 Å². The van der Waals surface area contributed by atoms with Gasteiger partial charge in [0.15, 0.2) is 0 Å². The first kappa shape index (κ1) is 15.9. The minimum atomic E-state index is -0.0219. The number of nitrogens with two attached hydrogens (primary N) is 1. The normalized spacial score (nSPS) is 17.4. The molecule has 0 aliphatic heterocycles. The average molecular weight is 228 g/mol. The number of rotatable bonds is 9. The van der Waals surface area contributed by atoms with Crippen molar-refractivity contribution in [3.05, 3.63) is 0 Å². The highest BCUT2D eigenvalue weighted by molar-refractivity contribution is 4.84. The van der Waals surface area contributed by atoms with Crippen molar-refractivity contribution < 1.29 is 0 Å². The Kier molecular flexibility index (Phi) is 8.04. The van der Waals surface area contributed by atoms with Crippen LogP contribution in [0, 0.1) is 0 Å². The standard InChI is InChI=1S/C14H32N2/c1-6-9-11-16(13(4)8-3)12-14(5,15)10-7-2/h13H,6-12,15H2,1-5H3. The first-order valence-electron chi connectivity index (χ1n) is 6.99. The van der Waals surface area contributed by atoms with Gasteiger partial charge < -0.3 is 5.73 Å². The summed E-state index contributed by atoms with van der Waals surface area (Å²) in [4.78, 5) is 2.57. The van der Waals surface area contributed by atoms with Gasteiger partial charge in [-0.25, -0.2) is 0 Å². The molecule has 0 spiro atoms. The molecule has 2 unspecified atom stereocenters. The topological polar surface area (TPSA) is 29.3 Å². The van der Waals surface area contributed by atoms with Crippen LogP contribution in [0.4, 0.5) is 0 Å². The molecular weight excluding hydrogens is 196 g/mol. The van der Waals surface area contributed by atoms with Crippen molar-refractivity contribution in [1.29, 1.82) is 0 Å². The highest BCUT2D eigenvalue weighted by Crippen LogP contribution is 2.15. The van der Waals surface area contributed by atoms with Gasteiger partial charge in [-0.2, -0.15) is 0 Å². The van der Waals surface area contributed by atoms with Gasteiger partial charge in [0.25, 0.3) is 0 Å². The Labute approximate surface area is 103 Å². The van der Waals surface area contributed by atoms with Crippen molar-refractivity contribution in [2.24, 2.45) is 5.73 Å². The van der Waals surface area contributed by atoms with E-state index >= 15 is 0 Å². The maximum atomic E-state index is 6.35. The molecule has 2 heteroatoms. The number of nitrogens with zero attached hydrogens (tertiary/aromatic N) is 1. The van der Waals surface area contributed by atoms with Crippen LogP contribution in [0.3, 0.4) is 0 Å². The van der Waals surface area contributed by atoms with Crippen molar-refractivity contribution in [3.63, 3.8) is 0 Å². The van der Waals surface area contributed by atoms with Gasteiger partial charge in [0, 0.05) is 18.1 Å². The zero-order chi connectivity index (χ0) is 12.6. The van der Waals surface area contributed by atoms with E-state index in [4.69, 9.17) is 5.73 Å². The zero-order valence-corrected chi connectivity index (χ0v) is 12.1. The largest absolute Gasteiger partial charge is 0.324 e. The minimum absolute atomic E-state index is 0.0219. The molecule has 0 heterocycles. The second-order valence-corrected chi connectivity index (χ2v) is 5.49. The van der Waals surface area contributed by atoms with Gasteiger partial charge in [0.05, 0.1) is 0 Å². The molecule has 0 aliphatic rings. The molecule has 98 valence electrons. The maximum absolute atomic E-state index is 6.35. The van der Waals surface area contributed by atoms with E-state index in [2.05, 4.69) is 39.5 Å². The molecule has 16 heavy (non-hydrogen) atoms. The third-order valence-electron chi connectivity index (χ3n) is 3.40. The van der Waals surface area contributed by atoms with Gasteiger partial charge in [-0.3, -0.25) is 4.90 Å². The molecular formula is C14H32N2. The fourth-order valence-corrected chi connectivity index (χ4v) is 2.19. The molecule has 0 radical (unpaired) electrons. The summed E-state index contributed by atoms with van der Waals surface area (Å²) in [5.41, 5.74) is 6.33. The molecule has 0 rings (SSSR count). The highest BCUT2D eigenvalue weighted by Gasteiger charge is 2.23. The molecule has 2 nitrogen and oxygen atoms in total. The molecule has 0 bridgehead atoms. The number of hydrogen-bond donors (Lipinski definition) is 1. The fraction of sp³-hybridized carbons (Fsp3) is 1.00. The molecule has 0 aliphatic carbocycles. The number of unbranched alkanes of at least 4 members (excludes halogenated alkanes) is 1. The van der Waals surface area contributed by atoms with Crippen LogP contribution in [0.25, 0.3) is 0 Å². The Hall–Kier alpha value is -0.0800. The summed E-state index contributed by atoms with van der Waals surface area (Å²) in [5.74, 6) is 0. The summed E-state index contributed by atoms with van der Waals surface area (Å²) in [6, 6.07) is 0.659. The van der Waals surface area contributed by atoms with Crippen molar-refractivity contribution in [2.75, 3.05) is 13.1 Å². The monoisotopic (exact) mass is 228 g/mol. The van der Waals surface area contributed by atoms with Crippen molar-refractivity contribution in [1.82, 2.24) is 4.90 Å². The van der Waals surface area contributed by atoms with Crippen LogP contribution < -0.4 is 5.73 Å². The molecule has 0 saturated heterocycles. The van der Waals surface area contributed by atoms with E-state index in [0.717, 1.165) is 13.0 Å². The van der Waals surface area contributed by atoms with Crippen LogP contribution in [0.2, 0.25) is 0 Å². The van der Waals surface area contributed by atoms with Crippen molar-refractivity contribution >= 4 is 0 Å². The zero-order valence-electron chi connectivity index (χ0n) is 12.1. The molecule has 2 atom stereocenters. The summed E-state index contributed by atoms with van der Waals surface area (Å²) in [6.45, 7) is 13.5. The molecule has 0 aromatic heterocycles. The fourth-order valence-electron chi connectivity index (χ4n) is 2.19. The lowest BCUT2D eigenvalue weighted by molar-refractivity contribution is 0.156. The Morgan fingerprint density at radius 2 is 1.81 bits per heavy atom. The van der Waals surface area contributed by atoms with Gasteiger partial charge >= 0.3 is 0 Å². The van der Waals surface area contributed by atoms with Gasteiger partial charge in [0.1, 0.15) is 0 Å². The molecule has 0 aromatic rings. The maximum Gasteiger partial charge on any atom is 0.0254 e. The van der Waals surface area contributed by atoms with Crippen LogP contribution in [0.1, 0.15) is 66.7 Å². The second kappa shape index (κ2) is 8.08. The SMILES string of the molecule is CCCCN(CC(C)(N)CCC)C(C)CC. The Morgan fingerprint density at radius 1 is 1.19 bits per heavy atom. The van der Waals surface area contributed by atoms with E-state index in [-0.39, 0.29) is 5.54 Å². The molecule has 0 fully saturated rings. The summed E-state index contributed by atoms with van der Waals surface area (Å²) >= 11 is 0. The summed E-state index contributed by atoms with van der Waals surface area (Å²) in [6.07, 6.45) is 6.06. The predicted octanol–water partition coefficient (Wildman–Crippen LogP) is 3.40. The van der Waals surface area contributed by atoms with E-state index in [1.54, 1.807) is 0 Å². The summed E-state index contributed by atoms with van der Waals surface area (Å²) < 4.78 is 0. The Balaban J connectivity index is 4.28. The van der Waals surface area contributed by atoms with Crippen LogP contribution in [0.5, 0.6) is 0 Å². The average Bonchev–Trinajstić information content (AvgIpc) is 2.22.